The fraction of sp³-hybridized carbons (Fsp3) is 0.636. The Morgan fingerprint density at radius 2 is 2.31 bits per heavy atom. The largest absolute Gasteiger partial charge is 0.383 e. The summed E-state index contributed by atoms with van der Waals surface area (Å²) in [5, 5.41) is 9.33. The van der Waals surface area contributed by atoms with Gasteiger partial charge >= 0.3 is 0 Å². The number of carbonyl (C=O) groups excluding carboxylic acids is 1. The summed E-state index contributed by atoms with van der Waals surface area (Å²) in [7, 11) is 0. The Labute approximate surface area is 94.8 Å². The van der Waals surface area contributed by atoms with Crippen LogP contribution in [0.1, 0.15) is 37.0 Å². The molecule has 1 amide bonds. The second-order valence-corrected chi connectivity index (χ2v) is 4.69. The molecule has 1 aromatic heterocycles. The fourth-order valence-electron chi connectivity index (χ4n) is 2.29. The Balaban J connectivity index is 2.01. The average Bonchev–Trinajstić information content (AvgIpc) is 2.79. The summed E-state index contributed by atoms with van der Waals surface area (Å²) < 4.78 is 0. The maximum atomic E-state index is 11.9. The number of nitrogens with zero attached hydrogens (tertiary/aromatic N) is 1. The molecule has 0 radical (unpaired) electrons. The van der Waals surface area contributed by atoms with Crippen molar-refractivity contribution < 1.29 is 4.79 Å². The van der Waals surface area contributed by atoms with Gasteiger partial charge in [-0.25, -0.2) is 0 Å². The van der Waals surface area contributed by atoms with Crippen molar-refractivity contribution in [3.05, 3.63) is 11.8 Å². The number of carbonyl (C=O) groups is 1. The fourth-order valence-corrected chi connectivity index (χ4v) is 2.29. The summed E-state index contributed by atoms with van der Waals surface area (Å²) in [5.41, 5.74) is 6.04. The molecule has 1 saturated carbocycles. The first-order valence-electron chi connectivity index (χ1n) is 5.69. The molecular formula is C11H18N4O. The Morgan fingerprint density at radius 1 is 1.56 bits per heavy atom. The zero-order valence-corrected chi connectivity index (χ0v) is 9.66. The minimum Gasteiger partial charge on any atom is -0.383 e. The first-order chi connectivity index (χ1) is 7.59. The molecule has 88 valence electrons. The van der Waals surface area contributed by atoms with E-state index in [0.717, 1.165) is 6.42 Å². The summed E-state index contributed by atoms with van der Waals surface area (Å²) >= 11 is 0. The maximum absolute atomic E-state index is 11.9. The molecule has 0 aliphatic heterocycles. The van der Waals surface area contributed by atoms with Crippen LogP contribution in [-0.2, 0) is 0 Å². The van der Waals surface area contributed by atoms with E-state index in [-0.39, 0.29) is 11.9 Å². The quantitative estimate of drug-likeness (QED) is 0.702. The van der Waals surface area contributed by atoms with Gasteiger partial charge in [-0.15, -0.1) is 0 Å². The summed E-state index contributed by atoms with van der Waals surface area (Å²) in [5.74, 6) is 1.40. The van der Waals surface area contributed by atoms with Gasteiger partial charge in [0.1, 0.15) is 11.4 Å². The van der Waals surface area contributed by atoms with Crippen LogP contribution in [0.3, 0.4) is 0 Å². The van der Waals surface area contributed by atoms with Crippen LogP contribution in [0.2, 0.25) is 0 Å². The van der Waals surface area contributed by atoms with E-state index in [1.807, 2.05) is 0 Å². The molecule has 4 N–H and O–H groups in total. The number of hydrogen-bond acceptors (Lipinski definition) is 3. The van der Waals surface area contributed by atoms with Gasteiger partial charge < -0.3 is 11.1 Å². The van der Waals surface area contributed by atoms with Gasteiger partial charge in [-0.05, 0) is 24.7 Å². The van der Waals surface area contributed by atoms with E-state index >= 15 is 0 Å². The van der Waals surface area contributed by atoms with Crippen molar-refractivity contribution in [3.8, 4) is 0 Å². The molecular weight excluding hydrogens is 204 g/mol. The standard InChI is InChI=1S/C11H18N4O/c1-6-3-4-9(7(6)2)14-11(16)8-5-13-15-10(8)12/h5-7,9H,3-4H2,1-2H3,(H,14,16)(H3,12,13,15). The second-order valence-electron chi connectivity index (χ2n) is 4.69. The molecule has 2 rings (SSSR count). The summed E-state index contributed by atoms with van der Waals surface area (Å²) in [6.45, 7) is 4.41. The molecule has 1 fully saturated rings. The Bertz CT molecular complexity index is 387. The number of nitrogens with two attached hydrogens (primary N) is 1. The lowest BCUT2D eigenvalue weighted by atomic mass is 9.98. The normalized spacial score (nSPS) is 29.2. The van der Waals surface area contributed by atoms with E-state index in [1.54, 1.807) is 0 Å². The molecule has 5 heteroatoms. The molecule has 1 heterocycles. The van der Waals surface area contributed by atoms with Crippen LogP contribution in [0.25, 0.3) is 0 Å². The zero-order valence-electron chi connectivity index (χ0n) is 9.66. The lowest BCUT2D eigenvalue weighted by Gasteiger charge is -2.19. The van der Waals surface area contributed by atoms with Gasteiger partial charge in [-0.3, -0.25) is 9.89 Å². The van der Waals surface area contributed by atoms with Crippen molar-refractivity contribution in [1.29, 1.82) is 0 Å². The number of rotatable bonds is 2. The van der Waals surface area contributed by atoms with Gasteiger partial charge in [0.2, 0.25) is 0 Å². The number of hydrogen-bond donors (Lipinski definition) is 3. The van der Waals surface area contributed by atoms with Crippen LogP contribution in [-0.4, -0.2) is 22.1 Å². The molecule has 5 nitrogen and oxygen atoms in total. The first kappa shape index (κ1) is 11.0. The number of aromatic amines is 1. The lowest BCUT2D eigenvalue weighted by molar-refractivity contribution is 0.0928. The SMILES string of the molecule is CC1CCC(NC(=O)c2cn[nH]c2N)C1C. The van der Waals surface area contributed by atoms with Crippen molar-refractivity contribution in [2.75, 3.05) is 5.73 Å². The van der Waals surface area contributed by atoms with Gasteiger partial charge in [-0.1, -0.05) is 13.8 Å². The third kappa shape index (κ3) is 1.89. The van der Waals surface area contributed by atoms with E-state index in [2.05, 4.69) is 29.4 Å². The average molecular weight is 222 g/mol. The minimum absolute atomic E-state index is 0.128. The highest BCUT2D eigenvalue weighted by Crippen LogP contribution is 2.31. The zero-order chi connectivity index (χ0) is 11.7. The van der Waals surface area contributed by atoms with E-state index in [0.29, 0.717) is 23.2 Å². The highest BCUT2D eigenvalue weighted by Gasteiger charge is 2.31. The van der Waals surface area contributed by atoms with Crippen LogP contribution >= 0.6 is 0 Å². The number of anilines is 1. The molecule has 0 saturated heterocycles. The van der Waals surface area contributed by atoms with Crippen LogP contribution in [0.15, 0.2) is 6.20 Å². The topological polar surface area (TPSA) is 83.8 Å². The van der Waals surface area contributed by atoms with Crippen molar-refractivity contribution in [2.45, 2.75) is 32.7 Å². The monoisotopic (exact) mass is 222 g/mol. The summed E-state index contributed by atoms with van der Waals surface area (Å²) in [6, 6.07) is 0.261. The van der Waals surface area contributed by atoms with E-state index in [9.17, 15) is 4.79 Å². The summed E-state index contributed by atoms with van der Waals surface area (Å²) in [4.78, 5) is 11.9. The van der Waals surface area contributed by atoms with Crippen molar-refractivity contribution >= 4 is 11.7 Å². The van der Waals surface area contributed by atoms with E-state index in [4.69, 9.17) is 5.73 Å². The van der Waals surface area contributed by atoms with Crippen LogP contribution in [0, 0.1) is 11.8 Å². The van der Waals surface area contributed by atoms with Gasteiger partial charge in [0, 0.05) is 6.04 Å². The Hall–Kier alpha value is -1.52. The Morgan fingerprint density at radius 3 is 2.81 bits per heavy atom. The predicted molar refractivity (Wildman–Crippen MR) is 61.8 cm³/mol. The van der Waals surface area contributed by atoms with E-state index in [1.165, 1.54) is 12.6 Å². The molecule has 0 aromatic carbocycles. The van der Waals surface area contributed by atoms with Gasteiger partial charge in [0.15, 0.2) is 0 Å². The van der Waals surface area contributed by atoms with Crippen molar-refractivity contribution in [3.63, 3.8) is 0 Å². The number of nitrogen functional groups attached to an aromatic ring is 1. The van der Waals surface area contributed by atoms with Gasteiger partial charge in [0.25, 0.3) is 5.91 Å². The molecule has 0 bridgehead atoms. The molecule has 3 atom stereocenters. The molecule has 1 aliphatic rings. The van der Waals surface area contributed by atoms with Crippen molar-refractivity contribution in [2.24, 2.45) is 11.8 Å². The van der Waals surface area contributed by atoms with Gasteiger partial charge in [-0.2, -0.15) is 5.10 Å². The molecule has 1 aliphatic carbocycles. The maximum Gasteiger partial charge on any atom is 0.256 e. The van der Waals surface area contributed by atoms with E-state index < -0.39 is 0 Å². The highest BCUT2D eigenvalue weighted by atomic mass is 16.1. The molecule has 16 heavy (non-hydrogen) atoms. The van der Waals surface area contributed by atoms with Gasteiger partial charge in [0.05, 0.1) is 6.20 Å². The first-order valence-corrected chi connectivity index (χ1v) is 5.69. The number of aromatic nitrogens is 2. The number of amides is 1. The number of nitrogens with one attached hydrogen (secondary N) is 2. The third-order valence-electron chi connectivity index (χ3n) is 3.70. The summed E-state index contributed by atoms with van der Waals surface area (Å²) in [6.07, 6.45) is 3.69. The van der Waals surface area contributed by atoms with Crippen LogP contribution < -0.4 is 11.1 Å². The van der Waals surface area contributed by atoms with Crippen LogP contribution in [0.4, 0.5) is 5.82 Å². The number of H-pyrrole nitrogens is 1. The van der Waals surface area contributed by atoms with Crippen LogP contribution in [0.5, 0.6) is 0 Å². The molecule has 3 unspecified atom stereocenters. The smallest absolute Gasteiger partial charge is 0.256 e. The molecule has 0 spiro atoms. The van der Waals surface area contributed by atoms with Crippen molar-refractivity contribution in [1.82, 2.24) is 15.5 Å². The third-order valence-corrected chi connectivity index (χ3v) is 3.70. The Kier molecular flexibility index (Phi) is 2.85. The molecule has 1 aromatic rings. The predicted octanol–water partition coefficient (Wildman–Crippen LogP) is 1.16. The lowest BCUT2D eigenvalue weighted by Crippen LogP contribution is -2.37. The second kappa shape index (κ2) is 4.15. The highest BCUT2D eigenvalue weighted by molar-refractivity contribution is 5.98. The minimum atomic E-state index is -0.128.